The van der Waals surface area contributed by atoms with Crippen LogP contribution >= 0.6 is 0 Å². The molecule has 0 spiro atoms. The Morgan fingerprint density at radius 1 is 1.38 bits per heavy atom. The third kappa shape index (κ3) is 2.48. The van der Waals surface area contributed by atoms with Crippen LogP contribution in [-0.2, 0) is 9.59 Å². The van der Waals surface area contributed by atoms with Crippen LogP contribution in [0.3, 0.4) is 0 Å². The van der Waals surface area contributed by atoms with E-state index in [0.717, 1.165) is 4.90 Å². The van der Waals surface area contributed by atoms with Crippen molar-refractivity contribution in [2.24, 2.45) is 11.1 Å². The summed E-state index contributed by atoms with van der Waals surface area (Å²) in [6.45, 7) is 4.12. The molecule has 0 aromatic heterocycles. The molecular weight excluding hydrogens is 218 g/mol. The molecule has 92 valence electrons. The maximum absolute atomic E-state index is 13.2. The van der Waals surface area contributed by atoms with Gasteiger partial charge in [-0.05, 0) is 0 Å². The lowest BCUT2D eigenvalue weighted by Crippen LogP contribution is -2.48. The summed E-state index contributed by atoms with van der Waals surface area (Å²) in [6, 6.07) is -1.19. The van der Waals surface area contributed by atoms with Gasteiger partial charge in [-0.1, -0.05) is 20.8 Å². The minimum Gasteiger partial charge on any atom is -0.368 e. The van der Waals surface area contributed by atoms with E-state index in [1.165, 1.54) is 0 Å². The maximum atomic E-state index is 13.2. The van der Waals surface area contributed by atoms with E-state index in [9.17, 15) is 18.4 Å². The molecule has 1 atom stereocenters. The summed E-state index contributed by atoms with van der Waals surface area (Å²) in [6.07, 6.45) is -0.676. The second-order valence-corrected chi connectivity index (χ2v) is 5.16. The van der Waals surface area contributed by atoms with E-state index < -0.39 is 42.2 Å². The summed E-state index contributed by atoms with van der Waals surface area (Å²) in [5, 5.41) is 0. The van der Waals surface area contributed by atoms with Gasteiger partial charge >= 0.3 is 0 Å². The van der Waals surface area contributed by atoms with Crippen molar-refractivity contribution in [1.82, 2.24) is 4.90 Å². The van der Waals surface area contributed by atoms with E-state index in [4.69, 9.17) is 5.73 Å². The molecule has 2 N–H and O–H groups in total. The molecule has 0 radical (unpaired) electrons. The van der Waals surface area contributed by atoms with Crippen molar-refractivity contribution in [3.8, 4) is 0 Å². The van der Waals surface area contributed by atoms with Gasteiger partial charge < -0.3 is 10.6 Å². The van der Waals surface area contributed by atoms with E-state index in [0.29, 0.717) is 0 Å². The summed E-state index contributed by atoms with van der Waals surface area (Å²) in [4.78, 5) is 23.8. The molecule has 0 aromatic rings. The number of likely N-dealkylation sites (tertiary alicyclic amines) is 1. The Bertz CT molecular complexity index is 323. The molecule has 0 aliphatic carbocycles. The number of hydrogen-bond donors (Lipinski definition) is 1. The monoisotopic (exact) mass is 234 g/mol. The molecule has 1 rings (SSSR count). The minimum absolute atomic E-state index is 0.478. The van der Waals surface area contributed by atoms with Gasteiger partial charge in [0.15, 0.2) is 0 Å². The molecule has 6 heteroatoms. The highest BCUT2D eigenvalue weighted by Gasteiger charge is 2.50. The zero-order chi connectivity index (χ0) is 12.7. The normalized spacial score (nSPS) is 24.6. The summed E-state index contributed by atoms with van der Waals surface area (Å²) in [7, 11) is 0. The van der Waals surface area contributed by atoms with Gasteiger partial charge in [0.05, 0.1) is 6.54 Å². The van der Waals surface area contributed by atoms with Crippen LogP contribution in [0.1, 0.15) is 27.2 Å². The van der Waals surface area contributed by atoms with Gasteiger partial charge in [0.2, 0.25) is 11.8 Å². The second-order valence-electron chi connectivity index (χ2n) is 5.16. The Labute approximate surface area is 92.8 Å². The third-order valence-corrected chi connectivity index (χ3v) is 2.50. The lowest BCUT2D eigenvalue weighted by atomic mass is 9.94. The smallest absolute Gasteiger partial charge is 0.267 e. The lowest BCUT2D eigenvalue weighted by molar-refractivity contribution is -0.144. The molecule has 1 saturated heterocycles. The van der Waals surface area contributed by atoms with Crippen LogP contribution in [0.25, 0.3) is 0 Å². The zero-order valence-corrected chi connectivity index (χ0v) is 9.59. The first-order valence-electron chi connectivity index (χ1n) is 5.03. The third-order valence-electron chi connectivity index (χ3n) is 2.50. The van der Waals surface area contributed by atoms with Crippen molar-refractivity contribution in [3.05, 3.63) is 0 Å². The van der Waals surface area contributed by atoms with Crippen molar-refractivity contribution in [3.63, 3.8) is 0 Å². The van der Waals surface area contributed by atoms with Crippen molar-refractivity contribution in [2.45, 2.75) is 39.2 Å². The number of alkyl halides is 2. The van der Waals surface area contributed by atoms with Gasteiger partial charge in [0, 0.05) is 11.8 Å². The Morgan fingerprint density at radius 3 is 2.25 bits per heavy atom. The highest BCUT2D eigenvalue weighted by Crippen LogP contribution is 2.34. The molecule has 16 heavy (non-hydrogen) atoms. The highest BCUT2D eigenvalue weighted by molar-refractivity contribution is 5.89. The molecule has 0 saturated carbocycles. The summed E-state index contributed by atoms with van der Waals surface area (Å²) < 4.78 is 26.3. The molecule has 1 aliphatic heterocycles. The first kappa shape index (κ1) is 12.9. The quantitative estimate of drug-likeness (QED) is 0.727. The van der Waals surface area contributed by atoms with Gasteiger partial charge in [-0.15, -0.1) is 0 Å². The number of carbonyl (C=O) groups excluding carboxylic acids is 2. The molecule has 2 amide bonds. The largest absolute Gasteiger partial charge is 0.368 e. The lowest BCUT2D eigenvalue weighted by Gasteiger charge is -2.28. The minimum atomic E-state index is -3.03. The number of carbonyl (C=O) groups is 2. The van der Waals surface area contributed by atoms with Gasteiger partial charge in [-0.2, -0.15) is 0 Å². The fraction of sp³-hybridized carbons (Fsp3) is 0.800. The first-order valence-corrected chi connectivity index (χ1v) is 5.03. The molecule has 0 aromatic carbocycles. The topological polar surface area (TPSA) is 63.4 Å². The fourth-order valence-electron chi connectivity index (χ4n) is 1.72. The van der Waals surface area contributed by atoms with Crippen LogP contribution in [0.2, 0.25) is 0 Å². The average Bonchev–Trinajstić information content (AvgIpc) is 2.38. The Kier molecular flexibility index (Phi) is 2.96. The molecule has 4 nitrogen and oxygen atoms in total. The Balaban J connectivity index is 2.95. The van der Waals surface area contributed by atoms with E-state index in [1.54, 1.807) is 20.8 Å². The zero-order valence-electron chi connectivity index (χ0n) is 9.59. The van der Waals surface area contributed by atoms with Crippen LogP contribution in [0.4, 0.5) is 8.78 Å². The SMILES string of the molecule is CC(C)(C)C(=O)N1CC(F)(F)CC1C(N)=O. The van der Waals surface area contributed by atoms with Gasteiger partial charge in [0.25, 0.3) is 5.92 Å². The predicted molar refractivity (Wildman–Crippen MR) is 53.7 cm³/mol. The summed E-state index contributed by atoms with van der Waals surface area (Å²) in [5.41, 5.74) is 4.23. The predicted octanol–water partition coefficient (Wildman–Crippen LogP) is 0.754. The van der Waals surface area contributed by atoms with Crippen LogP contribution in [0, 0.1) is 5.41 Å². The first-order chi connectivity index (χ1) is 7.04. The van der Waals surface area contributed by atoms with Gasteiger partial charge in [-0.3, -0.25) is 9.59 Å². The Hall–Kier alpha value is -1.20. The maximum Gasteiger partial charge on any atom is 0.267 e. The van der Waals surface area contributed by atoms with Crippen LogP contribution in [0.5, 0.6) is 0 Å². The fourth-order valence-corrected chi connectivity index (χ4v) is 1.72. The number of amides is 2. The second kappa shape index (κ2) is 3.68. The van der Waals surface area contributed by atoms with E-state index >= 15 is 0 Å². The van der Waals surface area contributed by atoms with Crippen molar-refractivity contribution in [1.29, 1.82) is 0 Å². The summed E-state index contributed by atoms with van der Waals surface area (Å²) in [5.74, 6) is -4.39. The number of nitrogens with two attached hydrogens (primary N) is 1. The number of rotatable bonds is 1. The van der Waals surface area contributed by atoms with Crippen LogP contribution < -0.4 is 5.73 Å². The van der Waals surface area contributed by atoms with Crippen molar-refractivity contribution >= 4 is 11.8 Å². The average molecular weight is 234 g/mol. The standard InChI is InChI=1S/C10H16F2N2O2/c1-9(2,3)8(16)14-5-10(11,12)4-6(14)7(13)15/h6H,4-5H2,1-3H3,(H2,13,15). The van der Waals surface area contributed by atoms with Crippen LogP contribution in [-0.4, -0.2) is 35.2 Å². The number of primary amides is 1. The molecule has 1 aliphatic rings. The van der Waals surface area contributed by atoms with Crippen LogP contribution in [0.15, 0.2) is 0 Å². The number of nitrogens with zero attached hydrogens (tertiary/aromatic N) is 1. The van der Waals surface area contributed by atoms with Crippen molar-refractivity contribution in [2.75, 3.05) is 6.54 Å². The number of hydrogen-bond acceptors (Lipinski definition) is 2. The van der Waals surface area contributed by atoms with E-state index in [-0.39, 0.29) is 0 Å². The molecule has 0 bridgehead atoms. The van der Waals surface area contributed by atoms with E-state index in [1.807, 2.05) is 0 Å². The molecule has 1 heterocycles. The van der Waals surface area contributed by atoms with Gasteiger partial charge in [-0.25, -0.2) is 8.78 Å². The molecule has 1 fully saturated rings. The van der Waals surface area contributed by atoms with Gasteiger partial charge in [0.1, 0.15) is 6.04 Å². The van der Waals surface area contributed by atoms with Crippen molar-refractivity contribution < 1.29 is 18.4 Å². The highest BCUT2D eigenvalue weighted by atomic mass is 19.3. The summed E-state index contributed by atoms with van der Waals surface area (Å²) >= 11 is 0. The molecular formula is C10H16F2N2O2. The molecule has 1 unspecified atom stereocenters. The van der Waals surface area contributed by atoms with E-state index in [2.05, 4.69) is 0 Å². The number of halogens is 2. The Morgan fingerprint density at radius 2 is 1.88 bits per heavy atom.